The van der Waals surface area contributed by atoms with Crippen molar-refractivity contribution >= 4 is 69.5 Å². The number of aliphatic carboxylic acids is 1. The quantitative estimate of drug-likeness (QED) is 0.134. The molecule has 1 saturated heterocycles. The van der Waals surface area contributed by atoms with Crippen molar-refractivity contribution in [2.75, 3.05) is 23.0 Å². The molecule has 2 aromatic heterocycles. The maximum absolute atomic E-state index is 12.8. The second-order valence-electron chi connectivity index (χ2n) is 7.10. The van der Waals surface area contributed by atoms with Crippen LogP contribution in [0, 0.1) is 4.91 Å². The van der Waals surface area contributed by atoms with E-state index in [1.54, 1.807) is 11.5 Å². The first-order valence-corrected chi connectivity index (χ1v) is 12.5. The molecule has 0 aliphatic carbocycles. The number of β-lactam (4-membered cyclic amide) rings is 1. The average Bonchev–Trinajstić information content (AvgIpc) is 3.22. The summed E-state index contributed by atoms with van der Waals surface area (Å²) in [5.41, 5.74) is 17.0. The fourth-order valence-corrected chi connectivity index (χ4v) is 5.98. The molecule has 1 fully saturated rings. The Kier molecular flexibility index (Phi) is 6.90. The van der Waals surface area contributed by atoms with Crippen LogP contribution in [0.4, 0.5) is 16.9 Å². The Balaban J connectivity index is 1.48. The van der Waals surface area contributed by atoms with Crippen molar-refractivity contribution in [3.8, 4) is 0 Å². The van der Waals surface area contributed by atoms with Crippen molar-refractivity contribution in [2.24, 2.45) is 5.18 Å². The lowest BCUT2D eigenvalue weighted by atomic mass is 10.0. The van der Waals surface area contributed by atoms with Crippen molar-refractivity contribution in [3.05, 3.63) is 44.8 Å². The fourth-order valence-electron chi connectivity index (χ4n) is 3.37. The number of amides is 2. The molecule has 8 N–H and O–H groups in total. The highest BCUT2D eigenvalue weighted by Gasteiger charge is 2.54. The minimum Gasteiger partial charge on any atom is -0.477 e. The summed E-state index contributed by atoms with van der Waals surface area (Å²) < 4.78 is 0. The Bertz CT molecular complexity index is 1260. The highest BCUT2D eigenvalue weighted by atomic mass is 32.2. The summed E-state index contributed by atoms with van der Waals surface area (Å²) >= 11 is 3.46. The predicted molar refractivity (Wildman–Crippen MR) is 131 cm³/mol. The monoisotopic (exact) mass is 535 g/mol. The highest BCUT2D eigenvalue weighted by molar-refractivity contribution is 8.02. The van der Waals surface area contributed by atoms with Crippen molar-refractivity contribution < 1.29 is 19.5 Å². The summed E-state index contributed by atoms with van der Waals surface area (Å²) in [5.74, 6) is -2.28. The van der Waals surface area contributed by atoms with Gasteiger partial charge in [-0.25, -0.2) is 14.8 Å². The number of anilines is 3. The van der Waals surface area contributed by atoms with Gasteiger partial charge in [-0.15, -0.1) is 28.0 Å². The van der Waals surface area contributed by atoms with E-state index in [0.29, 0.717) is 10.6 Å². The number of nitroso groups, excluding NO2 is 1. The molecule has 2 aliphatic rings. The molecule has 4 rings (SSSR count). The first-order chi connectivity index (χ1) is 16.7. The van der Waals surface area contributed by atoms with Gasteiger partial charge in [-0.2, -0.15) is 4.98 Å². The van der Waals surface area contributed by atoms with Gasteiger partial charge in [0.2, 0.25) is 12.0 Å². The molecule has 35 heavy (non-hydrogen) atoms. The highest BCUT2D eigenvalue weighted by Crippen LogP contribution is 2.41. The first kappa shape index (κ1) is 24.4. The van der Waals surface area contributed by atoms with Gasteiger partial charge >= 0.3 is 5.97 Å². The van der Waals surface area contributed by atoms with Crippen LogP contribution in [0.5, 0.6) is 0 Å². The maximum Gasteiger partial charge on any atom is 0.352 e. The Morgan fingerprint density at radius 2 is 2.09 bits per heavy atom. The van der Waals surface area contributed by atoms with Crippen molar-refractivity contribution in [2.45, 2.75) is 22.5 Å². The number of hydrogen-bond donors (Lipinski definition) is 5. The van der Waals surface area contributed by atoms with E-state index in [9.17, 15) is 24.4 Å². The Hall–Kier alpha value is -3.70. The van der Waals surface area contributed by atoms with E-state index in [1.807, 2.05) is 0 Å². The van der Waals surface area contributed by atoms with Gasteiger partial charge in [0.25, 0.3) is 11.8 Å². The number of nitrogens with zero attached hydrogens (tertiary/aromatic N) is 5. The van der Waals surface area contributed by atoms with Gasteiger partial charge in [0.1, 0.15) is 28.0 Å². The molecule has 0 saturated carbocycles. The summed E-state index contributed by atoms with van der Waals surface area (Å²) in [4.78, 5) is 61.4. The standard InChI is InChI=1S/C18H17N9O5S3/c19-8-3-9(24-17(20)23-8)33-2-1-6-4-34-15-11(14(29)27(15)12(6)16(30)31)25-13(28)10(26-32)7-5-35-18(21)22-7/h1-3,5,10-11,15H,4H2,(H2,21,22)(H,25,28)(H,30,31)(H4,19,20,23,24)/t10?,11-,15-/m1/s1. The second-order valence-corrected chi connectivity index (χ2v) is 10.0. The first-order valence-electron chi connectivity index (χ1n) is 9.67. The largest absolute Gasteiger partial charge is 0.477 e. The van der Waals surface area contributed by atoms with Crippen LogP contribution in [-0.2, 0) is 14.4 Å². The number of nitrogens with two attached hydrogens (primary N) is 3. The Morgan fingerprint density at radius 3 is 2.71 bits per heavy atom. The number of thiazole rings is 1. The van der Waals surface area contributed by atoms with Crippen LogP contribution >= 0.6 is 34.9 Å². The summed E-state index contributed by atoms with van der Waals surface area (Å²) in [6, 6.07) is -0.986. The fraction of sp³-hybridized carbons (Fsp3) is 0.222. The van der Waals surface area contributed by atoms with Crippen LogP contribution in [0.3, 0.4) is 0 Å². The number of carboxylic acids is 1. The van der Waals surface area contributed by atoms with E-state index in [1.165, 1.54) is 23.2 Å². The molecular weight excluding hydrogens is 518 g/mol. The zero-order valence-corrected chi connectivity index (χ0v) is 20.0. The predicted octanol–water partition coefficient (Wildman–Crippen LogP) is 0.532. The number of carbonyl (C=O) groups excluding carboxylic acids is 2. The molecule has 1 unspecified atom stereocenters. The lowest BCUT2D eigenvalue weighted by molar-refractivity contribution is -0.150. The molecule has 0 bridgehead atoms. The SMILES string of the molecule is Nc1cc(SC=CC2=C(C(=O)O)N3C(=O)[C@@H](NC(=O)C(N=O)c4csc(N)n4)[C@H]3SC2)nc(N)n1. The number of carboxylic acid groups (broad SMARTS) is 1. The number of nitrogen functional groups attached to an aromatic ring is 3. The zero-order chi connectivity index (χ0) is 25.3. The molecule has 14 nitrogen and oxygen atoms in total. The molecule has 0 aromatic carbocycles. The number of rotatable bonds is 8. The van der Waals surface area contributed by atoms with Crippen LogP contribution in [0.2, 0.25) is 0 Å². The van der Waals surface area contributed by atoms with Crippen LogP contribution in [-0.4, -0.2) is 59.9 Å². The average molecular weight is 536 g/mol. The minimum atomic E-state index is -1.48. The van der Waals surface area contributed by atoms with Crippen LogP contribution in [0.1, 0.15) is 11.7 Å². The summed E-state index contributed by atoms with van der Waals surface area (Å²) in [7, 11) is 0. The molecule has 0 radical (unpaired) electrons. The Morgan fingerprint density at radius 1 is 1.31 bits per heavy atom. The third-order valence-corrected chi connectivity index (χ3v) is 7.59. The van der Waals surface area contributed by atoms with Crippen molar-refractivity contribution in [3.63, 3.8) is 0 Å². The van der Waals surface area contributed by atoms with Gasteiger partial charge in [0.05, 0.1) is 5.69 Å². The van der Waals surface area contributed by atoms with E-state index in [-0.39, 0.29) is 34.0 Å². The molecule has 2 amide bonds. The zero-order valence-electron chi connectivity index (χ0n) is 17.5. The lowest BCUT2D eigenvalue weighted by Gasteiger charge is -2.49. The number of carbonyl (C=O) groups is 3. The second kappa shape index (κ2) is 9.88. The number of fused-ring (bicyclic) bond motifs is 1. The lowest BCUT2D eigenvalue weighted by Crippen LogP contribution is -2.70. The molecular formula is C18H17N9O5S3. The van der Waals surface area contributed by atoms with E-state index in [0.717, 1.165) is 28.0 Å². The van der Waals surface area contributed by atoms with E-state index in [2.05, 4.69) is 25.4 Å². The van der Waals surface area contributed by atoms with Crippen molar-refractivity contribution in [1.82, 2.24) is 25.2 Å². The molecule has 182 valence electrons. The summed E-state index contributed by atoms with van der Waals surface area (Å²) in [5, 5.41) is 18.0. The van der Waals surface area contributed by atoms with Gasteiger partial charge in [-0.3, -0.25) is 14.5 Å². The smallest absolute Gasteiger partial charge is 0.352 e. The Labute approximate surface area is 209 Å². The molecule has 2 aromatic rings. The van der Waals surface area contributed by atoms with Gasteiger partial charge in [-0.05, 0) is 22.2 Å². The number of thioether (sulfide) groups is 2. The molecule has 3 atom stereocenters. The normalized spacial score (nSPS) is 20.3. The van der Waals surface area contributed by atoms with E-state index >= 15 is 0 Å². The van der Waals surface area contributed by atoms with Crippen molar-refractivity contribution in [1.29, 1.82) is 0 Å². The number of nitrogens with one attached hydrogen (secondary N) is 1. The van der Waals surface area contributed by atoms with E-state index < -0.39 is 35.2 Å². The third kappa shape index (κ3) is 4.91. The molecule has 2 aliphatic heterocycles. The summed E-state index contributed by atoms with van der Waals surface area (Å²) in [6.45, 7) is 0. The minimum absolute atomic E-state index is 0.00642. The third-order valence-electron chi connectivity index (χ3n) is 4.87. The number of hydrogen-bond acceptors (Lipinski definition) is 14. The van der Waals surface area contributed by atoms with E-state index in [4.69, 9.17) is 17.2 Å². The van der Waals surface area contributed by atoms with Gasteiger partial charge in [0.15, 0.2) is 5.13 Å². The van der Waals surface area contributed by atoms with Gasteiger partial charge in [0, 0.05) is 17.2 Å². The van der Waals surface area contributed by atoms with Crippen LogP contribution in [0.15, 0.2) is 44.4 Å². The molecule has 4 heterocycles. The van der Waals surface area contributed by atoms with Crippen LogP contribution < -0.4 is 22.5 Å². The number of allylic oxidation sites excluding steroid dienone is 1. The van der Waals surface area contributed by atoms with Gasteiger partial charge in [-0.1, -0.05) is 11.8 Å². The molecule has 0 spiro atoms. The topological polar surface area (TPSA) is 233 Å². The maximum atomic E-state index is 12.8. The summed E-state index contributed by atoms with van der Waals surface area (Å²) in [6.07, 6.45) is 1.56. The molecule has 17 heteroatoms. The number of aromatic nitrogens is 3. The van der Waals surface area contributed by atoms with Crippen LogP contribution in [0.25, 0.3) is 0 Å². The van der Waals surface area contributed by atoms with Gasteiger partial charge < -0.3 is 27.6 Å².